The number of fused-ring (bicyclic) bond motifs is 1. The minimum absolute atomic E-state index is 0.760. The molecule has 2 aromatic heterocycles. The van der Waals surface area contributed by atoms with E-state index < -0.39 is 0 Å². The smallest absolute Gasteiger partial charge is 0.0958 e. The van der Waals surface area contributed by atoms with E-state index in [9.17, 15) is 0 Å². The average molecular weight is 315 g/mol. The Hall–Kier alpha value is -1.69. The first-order valence-corrected chi connectivity index (χ1v) is 8.38. The van der Waals surface area contributed by atoms with Gasteiger partial charge in [0.05, 0.1) is 24.0 Å². The fraction of sp³-hybridized carbons (Fsp3) is 0.353. The zero-order valence-corrected chi connectivity index (χ0v) is 13.6. The van der Waals surface area contributed by atoms with Crippen LogP contribution in [0.2, 0.25) is 0 Å². The second-order valence-electron chi connectivity index (χ2n) is 5.27. The molecule has 5 heteroatoms. The second-order valence-corrected chi connectivity index (χ2v) is 6.31. The van der Waals surface area contributed by atoms with Crippen LogP contribution in [0.3, 0.4) is 0 Å². The van der Waals surface area contributed by atoms with Crippen molar-refractivity contribution >= 4 is 22.4 Å². The predicted molar refractivity (Wildman–Crippen MR) is 91.2 cm³/mol. The molecule has 3 aromatic rings. The summed E-state index contributed by atoms with van der Waals surface area (Å²) in [7, 11) is 1.76. The molecular formula is C17H21N3OS. The van der Waals surface area contributed by atoms with Crippen LogP contribution in [0.1, 0.15) is 4.88 Å². The van der Waals surface area contributed by atoms with E-state index >= 15 is 0 Å². The van der Waals surface area contributed by atoms with Gasteiger partial charge < -0.3 is 9.30 Å². The van der Waals surface area contributed by atoms with Gasteiger partial charge in [-0.1, -0.05) is 18.2 Å². The molecular weight excluding hydrogens is 294 g/mol. The molecule has 0 atom stereocenters. The van der Waals surface area contributed by atoms with Crippen LogP contribution >= 0.6 is 11.3 Å². The standard InChI is InChI=1S/C17H21N3OS/c1-21-11-10-19(13-15-5-4-12-22-15)8-9-20-14-18-16-6-2-3-7-17(16)20/h2-7,12,14H,8-11,13H2,1H3. The number of hydrogen-bond acceptors (Lipinski definition) is 4. The minimum Gasteiger partial charge on any atom is -0.383 e. The van der Waals surface area contributed by atoms with Gasteiger partial charge in [-0.2, -0.15) is 0 Å². The monoisotopic (exact) mass is 315 g/mol. The van der Waals surface area contributed by atoms with Gasteiger partial charge in [-0.15, -0.1) is 11.3 Å². The highest BCUT2D eigenvalue weighted by molar-refractivity contribution is 7.09. The number of thiophene rings is 1. The van der Waals surface area contributed by atoms with Gasteiger partial charge >= 0.3 is 0 Å². The van der Waals surface area contributed by atoms with Crippen LogP contribution < -0.4 is 0 Å². The molecule has 4 nitrogen and oxygen atoms in total. The van der Waals surface area contributed by atoms with Crippen molar-refractivity contribution in [3.8, 4) is 0 Å². The van der Waals surface area contributed by atoms with Gasteiger partial charge in [0.1, 0.15) is 0 Å². The van der Waals surface area contributed by atoms with Gasteiger partial charge in [0.2, 0.25) is 0 Å². The minimum atomic E-state index is 0.760. The Balaban J connectivity index is 1.65. The maximum atomic E-state index is 5.24. The third kappa shape index (κ3) is 3.74. The van der Waals surface area contributed by atoms with Crippen molar-refractivity contribution in [2.24, 2.45) is 0 Å². The SMILES string of the molecule is COCCN(CCn1cnc2ccccc21)Cc1cccs1. The lowest BCUT2D eigenvalue weighted by molar-refractivity contribution is 0.142. The summed E-state index contributed by atoms with van der Waals surface area (Å²) < 4.78 is 7.47. The van der Waals surface area contributed by atoms with Crippen LogP contribution in [-0.4, -0.2) is 41.3 Å². The van der Waals surface area contributed by atoms with Gasteiger partial charge in [0.25, 0.3) is 0 Å². The molecule has 2 heterocycles. The number of hydrogen-bond donors (Lipinski definition) is 0. The Morgan fingerprint density at radius 1 is 1.18 bits per heavy atom. The van der Waals surface area contributed by atoms with E-state index in [1.165, 1.54) is 10.4 Å². The van der Waals surface area contributed by atoms with Crippen molar-refractivity contribution < 1.29 is 4.74 Å². The summed E-state index contributed by atoms with van der Waals surface area (Å²) in [4.78, 5) is 8.29. The van der Waals surface area contributed by atoms with Crippen LogP contribution in [0.25, 0.3) is 11.0 Å². The number of nitrogens with zero attached hydrogens (tertiary/aromatic N) is 3. The highest BCUT2D eigenvalue weighted by Gasteiger charge is 2.08. The molecule has 0 N–H and O–H groups in total. The van der Waals surface area contributed by atoms with Crippen LogP contribution in [0.4, 0.5) is 0 Å². The lowest BCUT2D eigenvalue weighted by Gasteiger charge is -2.21. The summed E-state index contributed by atoms with van der Waals surface area (Å²) in [6.45, 7) is 4.61. The number of rotatable bonds is 8. The number of ether oxygens (including phenoxy) is 1. The predicted octanol–water partition coefficient (Wildman–Crippen LogP) is 3.25. The number of benzene rings is 1. The second kappa shape index (κ2) is 7.54. The number of aromatic nitrogens is 2. The van der Waals surface area contributed by atoms with Gasteiger partial charge in [-0.25, -0.2) is 4.98 Å². The van der Waals surface area contributed by atoms with Crippen LogP contribution in [-0.2, 0) is 17.8 Å². The Labute approximate surface area is 135 Å². The normalized spacial score (nSPS) is 11.5. The van der Waals surface area contributed by atoms with Crippen molar-refractivity contribution in [1.29, 1.82) is 0 Å². The van der Waals surface area contributed by atoms with E-state index in [0.717, 1.165) is 38.3 Å². The molecule has 0 saturated heterocycles. The maximum Gasteiger partial charge on any atom is 0.0958 e. The molecule has 0 amide bonds. The molecule has 116 valence electrons. The van der Waals surface area contributed by atoms with Gasteiger partial charge in [-0.05, 0) is 23.6 Å². The maximum absolute atomic E-state index is 5.24. The zero-order chi connectivity index (χ0) is 15.2. The summed E-state index contributed by atoms with van der Waals surface area (Å²) in [6.07, 6.45) is 1.93. The van der Waals surface area contributed by atoms with Crippen LogP contribution in [0.15, 0.2) is 48.1 Å². The van der Waals surface area contributed by atoms with Gasteiger partial charge in [0.15, 0.2) is 0 Å². The van der Waals surface area contributed by atoms with E-state index in [1.54, 1.807) is 7.11 Å². The largest absolute Gasteiger partial charge is 0.383 e. The molecule has 0 bridgehead atoms. The van der Waals surface area contributed by atoms with Gasteiger partial charge in [0, 0.05) is 38.2 Å². The molecule has 0 saturated carbocycles. The Bertz CT molecular complexity index is 693. The highest BCUT2D eigenvalue weighted by atomic mass is 32.1. The topological polar surface area (TPSA) is 30.3 Å². The first-order valence-electron chi connectivity index (χ1n) is 7.50. The molecule has 1 aromatic carbocycles. The third-order valence-electron chi connectivity index (χ3n) is 3.76. The third-order valence-corrected chi connectivity index (χ3v) is 4.62. The van der Waals surface area contributed by atoms with Crippen molar-refractivity contribution in [1.82, 2.24) is 14.5 Å². The lowest BCUT2D eigenvalue weighted by atomic mass is 10.3. The Kier molecular flexibility index (Phi) is 5.21. The van der Waals surface area contributed by atoms with Crippen LogP contribution in [0.5, 0.6) is 0 Å². The van der Waals surface area contributed by atoms with Crippen LogP contribution in [0, 0.1) is 0 Å². The summed E-state index contributed by atoms with van der Waals surface area (Å²) >= 11 is 1.81. The van der Waals surface area contributed by atoms with Crippen molar-refractivity contribution in [3.63, 3.8) is 0 Å². The van der Waals surface area contributed by atoms with E-state index in [4.69, 9.17) is 4.74 Å². The van der Waals surface area contributed by atoms with E-state index in [-0.39, 0.29) is 0 Å². The van der Waals surface area contributed by atoms with Crippen molar-refractivity contribution in [2.45, 2.75) is 13.1 Å². The molecule has 0 aliphatic rings. The fourth-order valence-electron chi connectivity index (χ4n) is 2.55. The molecule has 3 rings (SSSR count). The summed E-state index contributed by atoms with van der Waals surface area (Å²) in [5, 5.41) is 2.13. The summed E-state index contributed by atoms with van der Waals surface area (Å²) in [6, 6.07) is 12.6. The first kappa shape index (κ1) is 15.2. The highest BCUT2D eigenvalue weighted by Crippen LogP contribution is 2.14. The van der Waals surface area contributed by atoms with Gasteiger partial charge in [-0.3, -0.25) is 4.90 Å². The molecule has 0 radical (unpaired) electrons. The molecule has 0 fully saturated rings. The molecule has 0 aliphatic carbocycles. The quantitative estimate of drug-likeness (QED) is 0.639. The Morgan fingerprint density at radius 2 is 2.09 bits per heavy atom. The molecule has 22 heavy (non-hydrogen) atoms. The molecule has 0 aliphatic heterocycles. The summed E-state index contributed by atoms with van der Waals surface area (Å²) in [5.41, 5.74) is 2.26. The van der Waals surface area contributed by atoms with E-state index in [0.29, 0.717) is 0 Å². The number of imidazole rings is 1. The van der Waals surface area contributed by atoms with E-state index in [2.05, 4.69) is 50.2 Å². The van der Waals surface area contributed by atoms with Crippen molar-refractivity contribution in [3.05, 3.63) is 53.0 Å². The van der Waals surface area contributed by atoms with E-state index in [1.807, 2.05) is 23.7 Å². The zero-order valence-electron chi connectivity index (χ0n) is 12.8. The van der Waals surface area contributed by atoms with Crippen molar-refractivity contribution in [2.75, 3.05) is 26.8 Å². The molecule has 0 unspecified atom stereocenters. The lowest BCUT2D eigenvalue weighted by Crippen LogP contribution is -2.30. The number of para-hydroxylation sites is 2. The Morgan fingerprint density at radius 3 is 2.91 bits per heavy atom. The molecule has 0 spiro atoms. The number of methoxy groups -OCH3 is 1. The fourth-order valence-corrected chi connectivity index (χ4v) is 3.30. The summed E-state index contributed by atoms with van der Waals surface area (Å²) in [5.74, 6) is 0. The first-order chi connectivity index (χ1) is 10.9. The average Bonchev–Trinajstić information content (AvgIpc) is 3.19.